The number of likely N-dealkylation sites (tertiary alicyclic amines) is 1. The minimum absolute atomic E-state index is 0.0583. The predicted octanol–water partition coefficient (Wildman–Crippen LogP) is 7.09. The molecule has 41 heavy (non-hydrogen) atoms. The molecule has 1 saturated heterocycles. The Balaban J connectivity index is 1.06. The number of nitrogens with zero attached hydrogens (tertiary/aromatic N) is 3. The van der Waals surface area contributed by atoms with E-state index in [9.17, 15) is 9.59 Å². The Kier molecular flexibility index (Phi) is 8.29. The van der Waals surface area contributed by atoms with Gasteiger partial charge in [-0.25, -0.2) is 0 Å². The van der Waals surface area contributed by atoms with Crippen LogP contribution >= 0.6 is 0 Å². The van der Waals surface area contributed by atoms with Crippen molar-refractivity contribution in [2.75, 3.05) is 31.1 Å². The summed E-state index contributed by atoms with van der Waals surface area (Å²) in [6.45, 7) is 6.77. The quantitative estimate of drug-likeness (QED) is 0.284. The van der Waals surface area contributed by atoms with Crippen LogP contribution in [0.2, 0.25) is 0 Å². The first kappa shape index (κ1) is 27.8. The van der Waals surface area contributed by atoms with Crippen molar-refractivity contribution in [2.24, 2.45) is 5.41 Å². The van der Waals surface area contributed by atoms with Crippen molar-refractivity contribution in [1.82, 2.24) is 9.80 Å². The number of rotatable bonds is 9. The molecule has 216 valence electrons. The van der Waals surface area contributed by atoms with Crippen molar-refractivity contribution >= 4 is 17.5 Å². The monoisotopic (exact) mass is 553 g/mol. The summed E-state index contributed by atoms with van der Waals surface area (Å²) in [6.07, 6.45) is 12.3. The number of benzene rings is 2. The van der Waals surface area contributed by atoms with E-state index >= 15 is 0 Å². The molecule has 1 saturated carbocycles. The van der Waals surface area contributed by atoms with Crippen LogP contribution in [-0.2, 0) is 6.54 Å². The van der Waals surface area contributed by atoms with E-state index in [4.69, 9.17) is 4.42 Å². The Hall–Kier alpha value is -3.38. The molecule has 0 N–H and O–H groups in total. The molecule has 1 aliphatic carbocycles. The third-order valence-corrected chi connectivity index (χ3v) is 9.87. The summed E-state index contributed by atoms with van der Waals surface area (Å²) in [4.78, 5) is 33.1. The second kappa shape index (κ2) is 12.2. The molecule has 3 heterocycles. The normalized spacial score (nSPS) is 19.3. The summed E-state index contributed by atoms with van der Waals surface area (Å²) in [7, 11) is 0. The molecule has 0 radical (unpaired) electrons. The van der Waals surface area contributed by atoms with Gasteiger partial charge in [-0.15, -0.1) is 0 Å². The minimum atomic E-state index is -0.0583. The minimum Gasteiger partial charge on any atom is -0.459 e. The van der Waals surface area contributed by atoms with Gasteiger partial charge in [-0.2, -0.15) is 0 Å². The first-order chi connectivity index (χ1) is 20.0. The average molecular weight is 554 g/mol. The fourth-order valence-electron chi connectivity index (χ4n) is 7.31. The number of fused-ring (bicyclic) bond motifs is 1. The van der Waals surface area contributed by atoms with Crippen LogP contribution in [0.5, 0.6) is 0 Å². The molecule has 2 aromatic carbocycles. The summed E-state index contributed by atoms with van der Waals surface area (Å²) in [5.74, 6) is 0.541. The predicted molar refractivity (Wildman–Crippen MR) is 162 cm³/mol. The van der Waals surface area contributed by atoms with E-state index in [1.54, 1.807) is 18.4 Å². The van der Waals surface area contributed by atoms with Gasteiger partial charge in [0, 0.05) is 43.5 Å². The van der Waals surface area contributed by atoms with Crippen LogP contribution in [-0.4, -0.2) is 53.8 Å². The summed E-state index contributed by atoms with van der Waals surface area (Å²) < 4.78 is 5.51. The number of amides is 2. The Labute approximate surface area is 244 Å². The van der Waals surface area contributed by atoms with Gasteiger partial charge in [-0.05, 0) is 93.3 Å². The van der Waals surface area contributed by atoms with Crippen LogP contribution in [0.3, 0.4) is 0 Å². The third-order valence-electron chi connectivity index (χ3n) is 9.87. The molecule has 2 aliphatic heterocycles. The number of piperidine rings is 1. The second-order valence-electron chi connectivity index (χ2n) is 12.5. The Bertz CT molecular complexity index is 1320. The maximum Gasteiger partial charge on any atom is 0.294 e. The smallest absolute Gasteiger partial charge is 0.294 e. The molecule has 0 unspecified atom stereocenters. The van der Waals surface area contributed by atoms with Gasteiger partial charge in [0.15, 0.2) is 5.76 Å². The number of aryl methyl sites for hydroxylation is 1. The van der Waals surface area contributed by atoms with E-state index in [0.29, 0.717) is 11.2 Å². The van der Waals surface area contributed by atoms with Crippen LogP contribution in [0.1, 0.15) is 89.8 Å². The van der Waals surface area contributed by atoms with E-state index in [1.807, 2.05) is 23.1 Å². The number of carbonyl (C=O) groups is 2. The van der Waals surface area contributed by atoms with E-state index in [2.05, 4.69) is 47.1 Å². The highest BCUT2D eigenvalue weighted by Gasteiger charge is 2.36. The fraction of sp³-hybridized carbons (Fsp3) is 0.486. The summed E-state index contributed by atoms with van der Waals surface area (Å²) in [5, 5.41) is 0. The van der Waals surface area contributed by atoms with Crippen LogP contribution in [0, 0.1) is 12.3 Å². The Morgan fingerprint density at radius 1 is 0.927 bits per heavy atom. The van der Waals surface area contributed by atoms with E-state index in [-0.39, 0.29) is 17.9 Å². The largest absolute Gasteiger partial charge is 0.459 e. The molecule has 0 atom stereocenters. The molecule has 3 aromatic rings. The zero-order chi connectivity index (χ0) is 28.2. The Morgan fingerprint density at radius 2 is 1.66 bits per heavy atom. The van der Waals surface area contributed by atoms with Gasteiger partial charge >= 0.3 is 0 Å². The highest BCUT2D eigenvalue weighted by molar-refractivity contribution is 6.04. The van der Waals surface area contributed by atoms with E-state index in [0.717, 1.165) is 63.2 Å². The number of hydrogen-bond donors (Lipinski definition) is 0. The number of furan rings is 1. The summed E-state index contributed by atoms with van der Waals surface area (Å²) in [5.41, 5.74) is 4.51. The zero-order valence-electron chi connectivity index (χ0n) is 24.4. The molecule has 6 nitrogen and oxygen atoms in total. The molecular formula is C35H43N3O3. The molecule has 6 rings (SSSR count). The summed E-state index contributed by atoms with van der Waals surface area (Å²) in [6, 6.07) is 20.0. The third kappa shape index (κ3) is 6.13. The lowest BCUT2D eigenvalue weighted by atomic mass is 9.69. The lowest BCUT2D eigenvalue weighted by Crippen LogP contribution is -2.48. The highest BCUT2D eigenvalue weighted by atomic mass is 16.3. The van der Waals surface area contributed by atoms with Gasteiger partial charge < -0.3 is 19.1 Å². The molecular weight excluding hydrogens is 510 g/mol. The molecule has 6 heteroatoms. The number of anilines is 1. The molecule has 1 aromatic heterocycles. The fourth-order valence-corrected chi connectivity index (χ4v) is 7.31. The summed E-state index contributed by atoms with van der Waals surface area (Å²) >= 11 is 0. The van der Waals surface area contributed by atoms with Gasteiger partial charge in [-0.3, -0.25) is 9.59 Å². The van der Waals surface area contributed by atoms with Crippen LogP contribution < -0.4 is 4.90 Å². The van der Waals surface area contributed by atoms with Crippen molar-refractivity contribution in [3.05, 3.63) is 89.4 Å². The average Bonchev–Trinajstić information content (AvgIpc) is 3.66. The van der Waals surface area contributed by atoms with Crippen LogP contribution in [0.4, 0.5) is 5.69 Å². The first-order valence-corrected chi connectivity index (χ1v) is 15.5. The SMILES string of the molecule is Cc1ccc(N(C(=O)c2ccco2)C2CCN(CCC3(CCN4Cc5ccccc5C4=O)CCCCC3)CC2)cc1. The van der Waals surface area contributed by atoms with Gasteiger partial charge in [0.05, 0.1) is 6.26 Å². The maximum atomic E-state index is 13.5. The van der Waals surface area contributed by atoms with Gasteiger partial charge in [0.2, 0.25) is 0 Å². The van der Waals surface area contributed by atoms with Crippen molar-refractivity contribution in [1.29, 1.82) is 0 Å². The maximum absolute atomic E-state index is 13.5. The number of hydrogen-bond acceptors (Lipinski definition) is 4. The van der Waals surface area contributed by atoms with Crippen molar-refractivity contribution in [3.63, 3.8) is 0 Å². The van der Waals surface area contributed by atoms with Crippen LogP contribution in [0.15, 0.2) is 71.3 Å². The lowest BCUT2D eigenvalue weighted by Gasteiger charge is -2.42. The molecule has 0 bridgehead atoms. The van der Waals surface area contributed by atoms with Crippen molar-refractivity contribution < 1.29 is 14.0 Å². The molecule has 3 aliphatic rings. The topological polar surface area (TPSA) is 57.0 Å². The zero-order valence-corrected chi connectivity index (χ0v) is 24.4. The second-order valence-corrected chi connectivity index (χ2v) is 12.5. The number of carbonyl (C=O) groups excluding carboxylic acids is 2. The van der Waals surface area contributed by atoms with Crippen LogP contribution in [0.25, 0.3) is 0 Å². The molecule has 0 spiro atoms. The Morgan fingerprint density at radius 3 is 2.37 bits per heavy atom. The van der Waals surface area contributed by atoms with Gasteiger partial charge in [0.1, 0.15) is 0 Å². The standard InChI is InChI=1S/C35H43N3O3/c1-27-11-13-29(14-12-27)38(34(40)32-10-7-25-41-32)30-15-21-36(22-16-30)23-19-35(17-5-2-6-18-35)20-24-37-26-28-8-3-4-9-31(28)33(37)39/h3-4,7-14,25,30H,2,5-6,15-24,26H2,1H3. The van der Waals surface area contributed by atoms with E-state index < -0.39 is 0 Å². The van der Waals surface area contributed by atoms with Crippen molar-refractivity contribution in [3.8, 4) is 0 Å². The van der Waals surface area contributed by atoms with Crippen molar-refractivity contribution in [2.45, 2.75) is 77.3 Å². The van der Waals surface area contributed by atoms with Gasteiger partial charge in [-0.1, -0.05) is 55.2 Å². The lowest BCUT2D eigenvalue weighted by molar-refractivity contribution is 0.0690. The molecule has 2 amide bonds. The van der Waals surface area contributed by atoms with E-state index in [1.165, 1.54) is 49.7 Å². The molecule has 2 fully saturated rings. The first-order valence-electron chi connectivity index (χ1n) is 15.5. The van der Waals surface area contributed by atoms with Gasteiger partial charge in [0.25, 0.3) is 11.8 Å². The highest BCUT2D eigenvalue weighted by Crippen LogP contribution is 2.43.